The number of carbonyl (C=O) groups is 1. The highest BCUT2D eigenvalue weighted by molar-refractivity contribution is 5.94. The molecule has 1 aromatic carbocycles. The monoisotopic (exact) mass is 267 g/mol. The van der Waals surface area contributed by atoms with Gasteiger partial charge in [-0.15, -0.1) is 0 Å². The Bertz CT molecular complexity index is 576. The highest BCUT2D eigenvalue weighted by Gasteiger charge is 2.11. The molecule has 0 saturated heterocycles. The van der Waals surface area contributed by atoms with Crippen molar-refractivity contribution in [2.45, 2.75) is 13.3 Å². The van der Waals surface area contributed by atoms with E-state index < -0.39 is 0 Å². The van der Waals surface area contributed by atoms with Crippen molar-refractivity contribution >= 4 is 12.0 Å². The van der Waals surface area contributed by atoms with Crippen molar-refractivity contribution in [1.29, 1.82) is 0 Å². The summed E-state index contributed by atoms with van der Waals surface area (Å²) in [7, 11) is 0. The molecule has 3 heteroatoms. The number of hydrogen-bond donors (Lipinski definition) is 0. The second-order valence-corrected chi connectivity index (χ2v) is 4.33. The number of nitrogens with zero attached hydrogens (tertiary/aromatic N) is 1. The summed E-state index contributed by atoms with van der Waals surface area (Å²) in [4.78, 5) is 16.0. The Hall–Kier alpha value is -2.42. The van der Waals surface area contributed by atoms with E-state index in [0.29, 0.717) is 18.6 Å². The molecular formula is C17H17NO2. The third kappa shape index (κ3) is 4.05. The number of rotatable bonds is 5. The minimum Gasteiger partial charge on any atom is -0.463 e. The first-order valence-electron chi connectivity index (χ1n) is 6.61. The summed E-state index contributed by atoms with van der Waals surface area (Å²) in [5, 5.41) is 0. The minimum absolute atomic E-state index is 0.270. The van der Waals surface area contributed by atoms with Crippen molar-refractivity contribution in [2.24, 2.45) is 0 Å². The Morgan fingerprint density at radius 2 is 1.85 bits per heavy atom. The fraction of sp³-hybridized carbons (Fsp3) is 0.176. The first-order chi connectivity index (χ1) is 9.79. The summed E-state index contributed by atoms with van der Waals surface area (Å²) in [6.07, 6.45) is 5.82. The van der Waals surface area contributed by atoms with Crippen molar-refractivity contribution in [3.8, 4) is 0 Å². The lowest BCUT2D eigenvalue weighted by Gasteiger charge is -2.07. The highest BCUT2D eigenvalue weighted by atomic mass is 16.5. The number of benzene rings is 1. The number of carbonyl (C=O) groups excluding carboxylic acids is 1. The van der Waals surface area contributed by atoms with Crippen LogP contribution in [0.3, 0.4) is 0 Å². The molecule has 1 heterocycles. The van der Waals surface area contributed by atoms with Crippen LogP contribution in [0.5, 0.6) is 0 Å². The maximum Gasteiger partial charge on any atom is 0.334 e. The molecule has 102 valence electrons. The SMILES string of the molecule is CCOC(=O)C(=Cc1ccncc1)Cc1ccccc1. The van der Waals surface area contributed by atoms with Gasteiger partial charge in [-0.2, -0.15) is 0 Å². The van der Waals surface area contributed by atoms with Gasteiger partial charge in [0.1, 0.15) is 0 Å². The molecule has 0 fully saturated rings. The molecule has 0 aliphatic carbocycles. The summed E-state index contributed by atoms with van der Waals surface area (Å²) in [6.45, 7) is 2.19. The van der Waals surface area contributed by atoms with E-state index in [1.54, 1.807) is 12.4 Å². The van der Waals surface area contributed by atoms with Gasteiger partial charge in [-0.25, -0.2) is 4.79 Å². The number of hydrogen-bond acceptors (Lipinski definition) is 3. The zero-order chi connectivity index (χ0) is 14.2. The largest absolute Gasteiger partial charge is 0.463 e. The summed E-state index contributed by atoms with van der Waals surface area (Å²) in [6, 6.07) is 13.6. The van der Waals surface area contributed by atoms with Gasteiger partial charge in [0.15, 0.2) is 0 Å². The maximum absolute atomic E-state index is 12.0. The van der Waals surface area contributed by atoms with E-state index in [4.69, 9.17) is 4.74 Å². The van der Waals surface area contributed by atoms with E-state index in [1.807, 2.05) is 55.5 Å². The third-order valence-corrected chi connectivity index (χ3v) is 2.82. The fourth-order valence-electron chi connectivity index (χ4n) is 1.88. The van der Waals surface area contributed by atoms with Crippen molar-refractivity contribution in [2.75, 3.05) is 6.61 Å². The van der Waals surface area contributed by atoms with Gasteiger partial charge in [0.25, 0.3) is 0 Å². The summed E-state index contributed by atoms with van der Waals surface area (Å²) >= 11 is 0. The molecule has 3 nitrogen and oxygen atoms in total. The van der Waals surface area contributed by atoms with Gasteiger partial charge < -0.3 is 4.74 Å². The van der Waals surface area contributed by atoms with Gasteiger partial charge in [0, 0.05) is 24.4 Å². The van der Waals surface area contributed by atoms with Crippen LogP contribution in [-0.2, 0) is 16.0 Å². The quantitative estimate of drug-likeness (QED) is 0.616. The van der Waals surface area contributed by atoms with Crippen molar-refractivity contribution < 1.29 is 9.53 Å². The van der Waals surface area contributed by atoms with Gasteiger partial charge >= 0.3 is 5.97 Å². The van der Waals surface area contributed by atoms with Crippen molar-refractivity contribution in [3.05, 3.63) is 71.6 Å². The van der Waals surface area contributed by atoms with Crippen molar-refractivity contribution in [3.63, 3.8) is 0 Å². The topological polar surface area (TPSA) is 39.2 Å². The van der Waals surface area contributed by atoms with Crippen LogP contribution in [-0.4, -0.2) is 17.6 Å². The average Bonchev–Trinajstić information content (AvgIpc) is 2.49. The Morgan fingerprint density at radius 3 is 2.50 bits per heavy atom. The summed E-state index contributed by atoms with van der Waals surface area (Å²) < 4.78 is 5.13. The fourth-order valence-corrected chi connectivity index (χ4v) is 1.88. The van der Waals surface area contributed by atoms with Crippen LogP contribution < -0.4 is 0 Å². The molecule has 2 aromatic rings. The van der Waals surface area contributed by atoms with Crippen LogP contribution in [0.15, 0.2) is 60.4 Å². The van der Waals surface area contributed by atoms with Crippen LogP contribution in [0.1, 0.15) is 18.1 Å². The Kier molecular flexibility index (Phi) is 5.07. The molecule has 1 aromatic heterocycles. The lowest BCUT2D eigenvalue weighted by Crippen LogP contribution is -2.09. The van der Waals surface area contributed by atoms with E-state index in [2.05, 4.69) is 4.98 Å². The Labute approximate surface area is 118 Å². The van der Waals surface area contributed by atoms with Gasteiger partial charge in [0.05, 0.1) is 6.61 Å². The standard InChI is InChI=1S/C17H17NO2/c1-2-20-17(19)16(12-14-6-4-3-5-7-14)13-15-8-10-18-11-9-15/h3-11,13H,2,12H2,1H3. The van der Waals surface area contributed by atoms with Gasteiger partial charge in [-0.3, -0.25) is 4.98 Å². The second kappa shape index (κ2) is 7.24. The van der Waals surface area contributed by atoms with Gasteiger partial charge in [-0.05, 0) is 36.3 Å². The molecule has 0 amide bonds. The Morgan fingerprint density at radius 1 is 1.15 bits per heavy atom. The number of pyridine rings is 1. The molecule has 0 unspecified atom stereocenters. The van der Waals surface area contributed by atoms with Crippen LogP contribution in [0.2, 0.25) is 0 Å². The predicted molar refractivity (Wildman–Crippen MR) is 79.0 cm³/mol. The van der Waals surface area contributed by atoms with Crippen LogP contribution in [0, 0.1) is 0 Å². The van der Waals surface area contributed by atoms with Crippen LogP contribution in [0.25, 0.3) is 6.08 Å². The summed E-state index contributed by atoms with van der Waals surface area (Å²) in [5.74, 6) is -0.270. The molecule has 0 aliphatic rings. The molecule has 0 atom stereocenters. The Balaban J connectivity index is 2.25. The lowest BCUT2D eigenvalue weighted by atomic mass is 10.0. The van der Waals surface area contributed by atoms with E-state index >= 15 is 0 Å². The smallest absolute Gasteiger partial charge is 0.334 e. The first-order valence-corrected chi connectivity index (χ1v) is 6.61. The summed E-state index contributed by atoms with van der Waals surface area (Å²) in [5.41, 5.74) is 2.67. The van der Waals surface area contributed by atoms with E-state index in [1.165, 1.54) is 0 Å². The van der Waals surface area contributed by atoms with Crippen molar-refractivity contribution in [1.82, 2.24) is 4.98 Å². The van der Waals surface area contributed by atoms with Gasteiger partial charge in [-0.1, -0.05) is 30.3 Å². The average molecular weight is 267 g/mol. The molecule has 0 aliphatic heterocycles. The third-order valence-electron chi connectivity index (χ3n) is 2.82. The molecule has 0 radical (unpaired) electrons. The predicted octanol–water partition coefficient (Wildman–Crippen LogP) is 3.27. The maximum atomic E-state index is 12.0. The number of aromatic nitrogens is 1. The zero-order valence-corrected chi connectivity index (χ0v) is 11.5. The molecule has 0 N–H and O–H groups in total. The number of esters is 1. The molecule has 0 bridgehead atoms. The lowest BCUT2D eigenvalue weighted by molar-refractivity contribution is -0.138. The first kappa shape index (κ1) is 14.0. The van der Waals surface area contributed by atoms with E-state index in [0.717, 1.165) is 11.1 Å². The highest BCUT2D eigenvalue weighted by Crippen LogP contribution is 2.14. The van der Waals surface area contributed by atoms with E-state index in [9.17, 15) is 4.79 Å². The molecule has 2 rings (SSSR count). The molecule has 0 spiro atoms. The number of ether oxygens (including phenoxy) is 1. The molecular weight excluding hydrogens is 250 g/mol. The molecule has 20 heavy (non-hydrogen) atoms. The molecule has 0 saturated carbocycles. The minimum atomic E-state index is -0.270. The normalized spacial score (nSPS) is 11.2. The van der Waals surface area contributed by atoms with Crippen LogP contribution >= 0.6 is 0 Å². The second-order valence-electron chi connectivity index (χ2n) is 4.33. The zero-order valence-electron chi connectivity index (χ0n) is 11.5. The van der Waals surface area contributed by atoms with Crippen LogP contribution in [0.4, 0.5) is 0 Å². The van der Waals surface area contributed by atoms with E-state index in [-0.39, 0.29) is 5.97 Å². The van der Waals surface area contributed by atoms with Gasteiger partial charge in [0.2, 0.25) is 0 Å².